The minimum absolute atomic E-state index is 0.685. The predicted octanol–water partition coefficient (Wildman–Crippen LogP) is 6.07. The summed E-state index contributed by atoms with van der Waals surface area (Å²) in [5.74, 6) is 3.89. The van der Waals surface area contributed by atoms with Crippen molar-refractivity contribution in [3.8, 4) is 33.4 Å². The standard InChI is InChI=1S/C26H22N4O3S/c1-30-24(27-28-29-30)15-6-17-4-9-20(10-5-17)33-25-22-14-13-21(32-3)16-23(22)34-26(25)18-7-11-19(31-2)12-8-18/h4-16H,1-3H3. The number of methoxy groups -OCH3 is 2. The van der Waals surface area contributed by atoms with E-state index in [0.717, 1.165) is 49.1 Å². The molecule has 0 spiro atoms. The molecule has 0 fully saturated rings. The molecule has 2 heterocycles. The van der Waals surface area contributed by atoms with Gasteiger partial charge in [-0.2, -0.15) is 0 Å². The average Bonchev–Trinajstić information content (AvgIpc) is 3.46. The lowest BCUT2D eigenvalue weighted by Crippen LogP contribution is -1.93. The smallest absolute Gasteiger partial charge is 0.174 e. The highest BCUT2D eigenvalue weighted by Crippen LogP contribution is 2.47. The number of ether oxygens (including phenoxy) is 3. The molecule has 0 aliphatic carbocycles. The molecule has 0 saturated carbocycles. The van der Waals surface area contributed by atoms with Crippen LogP contribution in [0.1, 0.15) is 11.4 Å². The van der Waals surface area contributed by atoms with Crippen molar-refractivity contribution in [2.24, 2.45) is 7.05 Å². The molecule has 3 aromatic carbocycles. The summed E-state index contributed by atoms with van der Waals surface area (Å²) in [6, 6.07) is 21.9. The van der Waals surface area contributed by atoms with Gasteiger partial charge in [0.25, 0.3) is 0 Å². The van der Waals surface area contributed by atoms with Crippen LogP contribution < -0.4 is 14.2 Å². The van der Waals surface area contributed by atoms with E-state index >= 15 is 0 Å². The second-order valence-corrected chi connectivity index (χ2v) is 8.57. The Kier molecular flexibility index (Phi) is 5.97. The Morgan fingerprint density at radius 2 is 1.53 bits per heavy atom. The summed E-state index contributed by atoms with van der Waals surface area (Å²) in [5, 5.41) is 12.5. The largest absolute Gasteiger partial charge is 0.497 e. The highest BCUT2D eigenvalue weighted by Gasteiger charge is 2.17. The lowest BCUT2D eigenvalue weighted by Gasteiger charge is -2.09. The molecule has 0 N–H and O–H groups in total. The first-order valence-corrected chi connectivity index (χ1v) is 11.4. The minimum atomic E-state index is 0.685. The Bertz CT molecular complexity index is 1450. The van der Waals surface area contributed by atoms with Crippen molar-refractivity contribution < 1.29 is 14.2 Å². The zero-order chi connectivity index (χ0) is 23.5. The molecule has 0 aliphatic rings. The van der Waals surface area contributed by atoms with Gasteiger partial charge in [0.1, 0.15) is 17.2 Å². The first kappa shape index (κ1) is 21.7. The van der Waals surface area contributed by atoms with Gasteiger partial charge in [0.15, 0.2) is 11.6 Å². The number of thiophene rings is 1. The van der Waals surface area contributed by atoms with E-state index in [2.05, 4.69) is 15.5 Å². The van der Waals surface area contributed by atoms with Crippen LogP contribution in [0, 0.1) is 0 Å². The lowest BCUT2D eigenvalue weighted by molar-refractivity contribution is 0.415. The molecule has 2 aromatic heterocycles. The third-order valence-corrected chi connectivity index (χ3v) is 6.56. The number of aryl methyl sites for hydroxylation is 1. The van der Waals surface area contributed by atoms with E-state index in [1.807, 2.05) is 78.9 Å². The summed E-state index contributed by atoms with van der Waals surface area (Å²) < 4.78 is 19.9. The molecule has 34 heavy (non-hydrogen) atoms. The number of fused-ring (bicyclic) bond motifs is 1. The van der Waals surface area contributed by atoms with E-state index in [4.69, 9.17) is 14.2 Å². The normalized spacial score (nSPS) is 11.3. The van der Waals surface area contributed by atoms with E-state index in [1.165, 1.54) is 0 Å². The maximum atomic E-state index is 6.45. The Balaban J connectivity index is 1.48. The molecule has 8 heteroatoms. The summed E-state index contributed by atoms with van der Waals surface area (Å²) in [6.07, 6.45) is 3.84. The molecule has 0 amide bonds. The first-order chi connectivity index (χ1) is 16.6. The van der Waals surface area contributed by atoms with Gasteiger partial charge in [0.2, 0.25) is 0 Å². The van der Waals surface area contributed by atoms with Crippen molar-refractivity contribution in [2.45, 2.75) is 0 Å². The summed E-state index contributed by atoms with van der Waals surface area (Å²) in [7, 11) is 5.14. The molecule has 0 radical (unpaired) electrons. The van der Waals surface area contributed by atoms with Crippen LogP contribution in [0.25, 0.3) is 32.7 Å². The van der Waals surface area contributed by atoms with Crippen LogP contribution >= 0.6 is 11.3 Å². The van der Waals surface area contributed by atoms with Crippen LogP contribution in [-0.2, 0) is 7.05 Å². The highest BCUT2D eigenvalue weighted by atomic mass is 32.1. The van der Waals surface area contributed by atoms with Gasteiger partial charge in [-0.1, -0.05) is 18.2 Å². The van der Waals surface area contributed by atoms with Crippen molar-refractivity contribution >= 4 is 33.6 Å². The molecule has 170 valence electrons. The number of tetrazole rings is 1. The molecule has 0 saturated heterocycles. The monoisotopic (exact) mass is 470 g/mol. The van der Waals surface area contributed by atoms with Crippen molar-refractivity contribution in [3.63, 3.8) is 0 Å². The lowest BCUT2D eigenvalue weighted by atomic mass is 10.1. The summed E-state index contributed by atoms with van der Waals surface area (Å²) in [4.78, 5) is 1.05. The van der Waals surface area contributed by atoms with Gasteiger partial charge in [-0.3, -0.25) is 0 Å². The maximum absolute atomic E-state index is 6.45. The number of nitrogens with zero attached hydrogens (tertiary/aromatic N) is 4. The van der Waals surface area contributed by atoms with Crippen LogP contribution in [0.2, 0.25) is 0 Å². The number of hydrogen-bond acceptors (Lipinski definition) is 7. The van der Waals surface area contributed by atoms with Crippen LogP contribution in [0.15, 0.2) is 66.7 Å². The molecule has 0 bridgehead atoms. The molecule has 0 aliphatic heterocycles. The zero-order valence-electron chi connectivity index (χ0n) is 18.9. The molecule has 5 aromatic rings. The summed E-state index contributed by atoms with van der Waals surface area (Å²) in [5.41, 5.74) is 2.08. The highest BCUT2D eigenvalue weighted by molar-refractivity contribution is 7.22. The Morgan fingerprint density at radius 3 is 2.21 bits per heavy atom. The minimum Gasteiger partial charge on any atom is -0.497 e. The fourth-order valence-electron chi connectivity index (χ4n) is 3.53. The zero-order valence-corrected chi connectivity index (χ0v) is 19.7. The van der Waals surface area contributed by atoms with Crippen LogP contribution in [-0.4, -0.2) is 34.4 Å². The summed E-state index contributed by atoms with van der Waals surface area (Å²) >= 11 is 1.67. The Labute approximate surface area is 200 Å². The van der Waals surface area contributed by atoms with Gasteiger partial charge >= 0.3 is 0 Å². The van der Waals surface area contributed by atoms with Gasteiger partial charge in [-0.15, -0.1) is 16.4 Å². The van der Waals surface area contributed by atoms with Gasteiger partial charge in [-0.25, -0.2) is 4.68 Å². The molecule has 5 rings (SSSR count). The summed E-state index contributed by atoms with van der Waals surface area (Å²) in [6.45, 7) is 0. The van der Waals surface area contributed by atoms with Crippen molar-refractivity contribution in [1.29, 1.82) is 0 Å². The van der Waals surface area contributed by atoms with Crippen LogP contribution in [0.4, 0.5) is 0 Å². The van der Waals surface area contributed by atoms with Crippen molar-refractivity contribution in [3.05, 3.63) is 78.1 Å². The second-order valence-electron chi connectivity index (χ2n) is 7.52. The number of aromatic nitrogens is 4. The topological polar surface area (TPSA) is 71.3 Å². The third kappa shape index (κ3) is 4.35. The molecule has 0 unspecified atom stereocenters. The first-order valence-electron chi connectivity index (χ1n) is 10.6. The molecule has 7 nitrogen and oxygen atoms in total. The maximum Gasteiger partial charge on any atom is 0.174 e. The van der Waals surface area contributed by atoms with Crippen molar-refractivity contribution in [1.82, 2.24) is 20.2 Å². The molecular weight excluding hydrogens is 448 g/mol. The van der Waals surface area contributed by atoms with Gasteiger partial charge in [0, 0.05) is 17.1 Å². The van der Waals surface area contributed by atoms with E-state index in [-0.39, 0.29) is 0 Å². The van der Waals surface area contributed by atoms with Gasteiger partial charge in [-0.05, 0) is 82.2 Å². The Morgan fingerprint density at radius 1 is 0.824 bits per heavy atom. The van der Waals surface area contributed by atoms with E-state index in [9.17, 15) is 0 Å². The number of benzene rings is 3. The van der Waals surface area contributed by atoms with Gasteiger partial charge in [0.05, 0.1) is 19.1 Å². The Hall–Kier alpha value is -4.17. The van der Waals surface area contributed by atoms with E-state index in [0.29, 0.717) is 5.82 Å². The van der Waals surface area contributed by atoms with E-state index in [1.54, 1.807) is 37.3 Å². The van der Waals surface area contributed by atoms with Crippen molar-refractivity contribution in [2.75, 3.05) is 14.2 Å². The average molecular weight is 471 g/mol. The predicted molar refractivity (Wildman–Crippen MR) is 135 cm³/mol. The fourth-order valence-corrected chi connectivity index (χ4v) is 4.69. The quantitative estimate of drug-likeness (QED) is 0.287. The van der Waals surface area contributed by atoms with Crippen LogP contribution in [0.5, 0.6) is 23.0 Å². The number of rotatable bonds is 7. The molecular formula is C26H22N4O3S. The number of hydrogen-bond donors (Lipinski definition) is 0. The molecule has 0 atom stereocenters. The fraction of sp³-hybridized carbons (Fsp3) is 0.115. The second kappa shape index (κ2) is 9.36. The SMILES string of the molecule is COc1ccc(-c2sc3cc(OC)ccc3c2Oc2ccc(C=Cc3nnnn3C)cc2)cc1. The van der Waals surface area contributed by atoms with E-state index < -0.39 is 0 Å². The third-order valence-electron chi connectivity index (χ3n) is 5.38. The van der Waals surface area contributed by atoms with Crippen LogP contribution in [0.3, 0.4) is 0 Å². The van der Waals surface area contributed by atoms with Gasteiger partial charge < -0.3 is 14.2 Å².